The fraction of sp³-hybridized carbons (Fsp3) is 0.650. The maximum Gasteiger partial charge on any atom is 0.278 e. The Morgan fingerprint density at radius 2 is 1.81 bits per heavy atom. The van der Waals surface area contributed by atoms with Gasteiger partial charge in [0.05, 0.1) is 29.4 Å². The first-order valence-corrected chi connectivity index (χ1v) is 9.50. The number of carbonyl (C=O) groups excluding carboxylic acids is 1. The number of hydrogen-bond donors (Lipinski definition) is 1. The maximum absolute atomic E-state index is 12.8. The summed E-state index contributed by atoms with van der Waals surface area (Å²) < 4.78 is 5.16. The van der Waals surface area contributed by atoms with Gasteiger partial charge in [-0.2, -0.15) is 0 Å². The van der Waals surface area contributed by atoms with Crippen LogP contribution in [0.1, 0.15) is 50.5 Å². The first-order chi connectivity index (χ1) is 12.4. The molecule has 4 fully saturated rings. The molecular formula is C20H26N2O4. The highest BCUT2D eigenvalue weighted by molar-refractivity contribution is 5.93. The minimum Gasteiger partial charge on any atom is -0.496 e. The second-order valence-corrected chi connectivity index (χ2v) is 8.72. The summed E-state index contributed by atoms with van der Waals surface area (Å²) in [7, 11) is 1.47. The second kappa shape index (κ2) is 6.25. The van der Waals surface area contributed by atoms with Crippen molar-refractivity contribution in [3.63, 3.8) is 0 Å². The van der Waals surface area contributed by atoms with Crippen LogP contribution in [-0.4, -0.2) is 17.9 Å². The van der Waals surface area contributed by atoms with Crippen molar-refractivity contribution in [2.24, 2.45) is 23.2 Å². The second-order valence-electron chi connectivity index (χ2n) is 8.72. The number of benzene rings is 1. The normalized spacial score (nSPS) is 31.7. The summed E-state index contributed by atoms with van der Waals surface area (Å²) >= 11 is 0. The van der Waals surface area contributed by atoms with Gasteiger partial charge in [0.1, 0.15) is 5.75 Å². The van der Waals surface area contributed by atoms with E-state index in [0.717, 1.165) is 17.8 Å². The third-order valence-corrected chi connectivity index (χ3v) is 6.76. The van der Waals surface area contributed by atoms with Crippen molar-refractivity contribution in [2.75, 3.05) is 12.4 Å². The van der Waals surface area contributed by atoms with Crippen LogP contribution in [0.15, 0.2) is 12.1 Å². The van der Waals surface area contributed by atoms with Gasteiger partial charge < -0.3 is 10.1 Å². The Hall–Kier alpha value is -2.11. The Labute approximate surface area is 153 Å². The highest BCUT2D eigenvalue weighted by Crippen LogP contribution is 2.61. The fourth-order valence-electron chi connectivity index (χ4n) is 6.15. The molecule has 1 aromatic carbocycles. The molecule has 5 rings (SSSR count). The van der Waals surface area contributed by atoms with Crippen LogP contribution in [0.3, 0.4) is 0 Å². The quantitative estimate of drug-likeness (QED) is 0.622. The van der Waals surface area contributed by atoms with Gasteiger partial charge in [-0.05, 0) is 68.6 Å². The summed E-state index contributed by atoms with van der Waals surface area (Å²) in [5, 5.41) is 14.2. The molecule has 4 bridgehead atoms. The molecule has 1 N–H and O–H groups in total. The average Bonchev–Trinajstić information content (AvgIpc) is 2.54. The number of ether oxygens (including phenoxy) is 1. The summed E-state index contributed by atoms with van der Waals surface area (Å²) in [6, 6.07) is 3.06. The standard InChI is InChI=1S/C20H26N2O4/c1-12-17(6-16(26-2)7-18(12)22(24)25)21-19(23)11-20-8-13-3-14(9-20)5-15(4-13)10-20/h6-7,13-15H,3-5,8-11H2,1-2H3,(H,21,23). The number of anilines is 1. The number of nitrogens with zero attached hydrogens (tertiary/aromatic N) is 1. The molecule has 0 unspecified atom stereocenters. The van der Waals surface area contributed by atoms with Crippen molar-refractivity contribution < 1.29 is 14.5 Å². The van der Waals surface area contributed by atoms with E-state index in [9.17, 15) is 14.9 Å². The van der Waals surface area contributed by atoms with E-state index in [1.54, 1.807) is 13.0 Å². The van der Waals surface area contributed by atoms with Crippen molar-refractivity contribution in [1.29, 1.82) is 0 Å². The van der Waals surface area contributed by atoms with Gasteiger partial charge >= 0.3 is 0 Å². The number of methoxy groups -OCH3 is 1. The van der Waals surface area contributed by atoms with E-state index in [4.69, 9.17) is 4.74 Å². The van der Waals surface area contributed by atoms with Crippen molar-refractivity contribution in [2.45, 2.75) is 51.9 Å². The van der Waals surface area contributed by atoms with Crippen LogP contribution >= 0.6 is 0 Å². The number of nitro benzene ring substituents is 1. The van der Waals surface area contributed by atoms with Gasteiger partial charge in [0.15, 0.2) is 0 Å². The molecule has 0 aromatic heterocycles. The molecule has 0 heterocycles. The first-order valence-electron chi connectivity index (χ1n) is 9.50. The number of amides is 1. The zero-order valence-electron chi connectivity index (χ0n) is 15.4. The summed E-state index contributed by atoms with van der Waals surface area (Å²) in [6.45, 7) is 1.66. The number of nitrogens with one attached hydrogen (secondary N) is 1. The Balaban J connectivity index is 1.52. The van der Waals surface area contributed by atoms with E-state index in [2.05, 4.69) is 5.32 Å². The molecular weight excluding hydrogens is 332 g/mol. The molecule has 0 saturated heterocycles. The molecule has 140 valence electrons. The van der Waals surface area contributed by atoms with Crippen molar-refractivity contribution in [1.82, 2.24) is 0 Å². The van der Waals surface area contributed by atoms with Crippen molar-refractivity contribution in [3.8, 4) is 5.75 Å². The van der Waals surface area contributed by atoms with Gasteiger partial charge in [0.25, 0.3) is 5.69 Å². The lowest BCUT2D eigenvalue weighted by atomic mass is 9.49. The molecule has 4 aliphatic rings. The van der Waals surface area contributed by atoms with Gasteiger partial charge in [0, 0.05) is 12.5 Å². The fourth-order valence-corrected chi connectivity index (χ4v) is 6.15. The Kier molecular flexibility index (Phi) is 4.16. The van der Waals surface area contributed by atoms with Gasteiger partial charge in [-0.15, -0.1) is 0 Å². The van der Waals surface area contributed by atoms with E-state index >= 15 is 0 Å². The monoisotopic (exact) mass is 358 g/mol. The van der Waals surface area contributed by atoms with E-state index in [0.29, 0.717) is 23.4 Å². The Morgan fingerprint density at radius 3 is 2.31 bits per heavy atom. The third-order valence-electron chi connectivity index (χ3n) is 6.76. The predicted octanol–water partition coefficient (Wildman–Crippen LogP) is 4.46. The topological polar surface area (TPSA) is 81.5 Å². The average molecular weight is 358 g/mol. The third kappa shape index (κ3) is 3.06. The number of carbonyl (C=O) groups is 1. The minimum absolute atomic E-state index is 0.0300. The lowest BCUT2D eigenvalue weighted by Crippen LogP contribution is -2.47. The van der Waals surface area contributed by atoms with Crippen LogP contribution in [0, 0.1) is 40.2 Å². The summed E-state index contributed by atoms with van der Waals surface area (Å²) in [5.74, 6) is 2.75. The van der Waals surface area contributed by atoms with Crippen molar-refractivity contribution >= 4 is 17.3 Å². The van der Waals surface area contributed by atoms with E-state index in [-0.39, 0.29) is 17.0 Å². The van der Waals surface area contributed by atoms with Crippen LogP contribution in [0.25, 0.3) is 0 Å². The van der Waals surface area contributed by atoms with Crippen LogP contribution in [0.2, 0.25) is 0 Å². The molecule has 6 heteroatoms. The highest BCUT2D eigenvalue weighted by atomic mass is 16.6. The molecule has 6 nitrogen and oxygen atoms in total. The SMILES string of the molecule is COc1cc(NC(=O)CC23CC4CC(CC(C4)C2)C3)c(C)c([N+](=O)[O-])c1. The number of rotatable bonds is 5. The number of nitro groups is 1. The highest BCUT2D eigenvalue weighted by Gasteiger charge is 2.51. The lowest BCUT2D eigenvalue weighted by Gasteiger charge is -2.56. The summed E-state index contributed by atoms with van der Waals surface area (Å²) in [4.78, 5) is 23.6. The van der Waals surface area contributed by atoms with E-state index in [1.807, 2.05) is 0 Å². The van der Waals surface area contributed by atoms with Crippen LogP contribution in [0.5, 0.6) is 5.75 Å². The number of hydrogen-bond acceptors (Lipinski definition) is 4. The summed E-state index contributed by atoms with van der Waals surface area (Å²) in [6.07, 6.45) is 8.09. The Bertz CT molecular complexity index is 723. The molecule has 1 amide bonds. The molecule has 0 atom stereocenters. The van der Waals surface area contributed by atoms with Crippen molar-refractivity contribution in [3.05, 3.63) is 27.8 Å². The molecule has 0 radical (unpaired) electrons. The van der Waals surface area contributed by atoms with Crippen LogP contribution in [0.4, 0.5) is 11.4 Å². The van der Waals surface area contributed by atoms with Crippen LogP contribution in [-0.2, 0) is 4.79 Å². The smallest absolute Gasteiger partial charge is 0.278 e. The largest absolute Gasteiger partial charge is 0.496 e. The zero-order chi connectivity index (χ0) is 18.5. The molecule has 4 saturated carbocycles. The molecule has 0 spiro atoms. The Morgan fingerprint density at radius 1 is 1.23 bits per heavy atom. The molecule has 0 aliphatic heterocycles. The lowest BCUT2D eigenvalue weighted by molar-refractivity contribution is -0.385. The molecule has 4 aliphatic carbocycles. The van der Waals surface area contributed by atoms with E-state index in [1.165, 1.54) is 51.7 Å². The van der Waals surface area contributed by atoms with Gasteiger partial charge in [-0.25, -0.2) is 0 Å². The molecule has 26 heavy (non-hydrogen) atoms. The molecule has 1 aromatic rings. The predicted molar refractivity (Wildman–Crippen MR) is 98.2 cm³/mol. The van der Waals surface area contributed by atoms with E-state index < -0.39 is 4.92 Å². The van der Waals surface area contributed by atoms with Gasteiger partial charge in [0.2, 0.25) is 5.91 Å². The van der Waals surface area contributed by atoms with Crippen LogP contribution < -0.4 is 10.1 Å². The van der Waals surface area contributed by atoms with Gasteiger partial charge in [-0.1, -0.05) is 0 Å². The van der Waals surface area contributed by atoms with Gasteiger partial charge in [-0.3, -0.25) is 14.9 Å². The first kappa shape index (κ1) is 17.3. The zero-order valence-corrected chi connectivity index (χ0v) is 15.4. The minimum atomic E-state index is -0.438. The maximum atomic E-state index is 12.8. The summed E-state index contributed by atoms with van der Waals surface area (Å²) in [5.41, 5.74) is 1.06.